The van der Waals surface area contributed by atoms with E-state index in [0.29, 0.717) is 6.61 Å². The average Bonchev–Trinajstić information content (AvgIpc) is 2.82. The highest BCUT2D eigenvalue weighted by atomic mass is 79.9. The highest BCUT2D eigenvalue weighted by Gasteiger charge is 2.12. The number of halogens is 1. The van der Waals surface area contributed by atoms with Gasteiger partial charge in [0.1, 0.15) is 23.8 Å². The molecule has 1 unspecified atom stereocenters. The zero-order valence-electron chi connectivity index (χ0n) is 11.9. The molecule has 0 aliphatic carbocycles. The Morgan fingerprint density at radius 1 is 1.40 bits per heavy atom. The van der Waals surface area contributed by atoms with E-state index >= 15 is 0 Å². The van der Waals surface area contributed by atoms with Gasteiger partial charge in [0, 0.05) is 22.1 Å². The molecule has 0 bridgehead atoms. The van der Waals surface area contributed by atoms with Crippen molar-refractivity contribution in [2.24, 2.45) is 0 Å². The molecule has 1 atom stereocenters. The van der Waals surface area contributed by atoms with Crippen LogP contribution < -0.4 is 10.1 Å². The molecule has 5 heteroatoms. The van der Waals surface area contributed by atoms with Gasteiger partial charge in [-0.1, -0.05) is 34.1 Å². The van der Waals surface area contributed by atoms with Gasteiger partial charge in [0.15, 0.2) is 0 Å². The molecule has 2 rings (SSSR count). The van der Waals surface area contributed by atoms with E-state index in [2.05, 4.69) is 46.3 Å². The topological polar surface area (TPSA) is 47.3 Å². The summed E-state index contributed by atoms with van der Waals surface area (Å²) in [6, 6.07) is 8.20. The first kappa shape index (κ1) is 15.1. The third kappa shape index (κ3) is 3.84. The molecule has 20 heavy (non-hydrogen) atoms. The number of aryl methyl sites for hydroxylation is 1. The van der Waals surface area contributed by atoms with Gasteiger partial charge in [0.05, 0.1) is 0 Å². The summed E-state index contributed by atoms with van der Waals surface area (Å²) in [6.07, 6.45) is 0. The number of ether oxygens (including phenoxy) is 1. The lowest BCUT2D eigenvalue weighted by molar-refractivity contribution is 0.282. The van der Waals surface area contributed by atoms with Crippen LogP contribution in [-0.4, -0.2) is 11.7 Å². The minimum absolute atomic E-state index is 0.238. The fraction of sp³-hybridized carbons (Fsp3) is 0.400. The molecule has 0 fully saturated rings. The Morgan fingerprint density at radius 3 is 2.85 bits per heavy atom. The third-order valence-electron chi connectivity index (χ3n) is 3.00. The first-order chi connectivity index (χ1) is 9.60. The van der Waals surface area contributed by atoms with E-state index in [-0.39, 0.29) is 6.04 Å². The largest absolute Gasteiger partial charge is 0.487 e. The van der Waals surface area contributed by atoms with Crippen LogP contribution >= 0.6 is 15.9 Å². The van der Waals surface area contributed by atoms with E-state index in [9.17, 15) is 0 Å². The Balaban J connectivity index is 2.14. The monoisotopic (exact) mass is 338 g/mol. The van der Waals surface area contributed by atoms with Gasteiger partial charge in [0.2, 0.25) is 0 Å². The molecule has 0 spiro atoms. The lowest BCUT2D eigenvalue weighted by Gasteiger charge is -2.17. The molecule has 0 amide bonds. The van der Waals surface area contributed by atoms with Crippen molar-refractivity contribution in [3.05, 3.63) is 45.8 Å². The smallest absolute Gasteiger partial charge is 0.134 e. The molecule has 1 aromatic carbocycles. The predicted molar refractivity (Wildman–Crippen MR) is 81.8 cm³/mol. The molecule has 0 saturated carbocycles. The van der Waals surface area contributed by atoms with Crippen LogP contribution in [-0.2, 0) is 6.61 Å². The van der Waals surface area contributed by atoms with Crippen molar-refractivity contribution in [1.29, 1.82) is 0 Å². The van der Waals surface area contributed by atoms with Crippen molar-refractivity contribution < 1.29 is 9.26 Å². The van der Waals surface area contributed by atoms with E-state index < -0.39 is 0 Å². The van der Waals surface area contributed by atoms with Crippen LogP contribution in [0.15, 0.2) is 33.3 Å². The SMILES string of the molecule is CCNC(C)c1ccc(Br)cc1OCc1cc(C)on1. The first-order valence-corrected chi connectivity index (χ1v) is 7.47. The zero-order chi connectivity index (χ0) is 14.5. The van der Waals surface area contributed by atoms with Crippen molar-refractivity contribution in [2.75, 3.05) is 6.54 Å². The van der Waals surface area contributed by atoms with E-state index in [1.165, 1.54) is 0 Å². The Morgan fingerprint density at radius 2 is 2.20 bits per heavy atom. The Bertz CT molecular complexity index is 569. The lowest BCUT2D eigenvalue weighted by atomic mass is 10.1. The summed E-state index contributed by atoms with van der Waals surface area (Å²) in [7, 11) is 0. The molecular formula is C15H19BrN2O2. The van der Waals surface area contributed by atoms with Gasteiger partial charge in [-0.05, 0) is 32.5 Å². The van der Waals surface area contributed by atoms with Gasteiger partial charge in [0.25, 0.3) is 0 Å². The van der Waals surface area contributed by atoms with Crippen molar-refractivity contribution in [2.45, 2.75) is 33.4 Å². The second-order valence-electron chi connectivity index (χ2n) is 4.68. The second kappa shape index (κ2) is 6.90. The van der Waals surface area contributed by atoms with Crippen LogP contribution in [0, 0.1) is 6.92 Å². The van der Waals surface area contributed by atoms with Crippen LogP contribution in [0.3, 0.4) is 0 Å². The summed E-state index contributed by atoms with van der Waals surface area (Å²) < 4.78 is 11.9. The molecule has 2 aromatic rings. The summed E-state index contributed by atoms with van der Waals surface area (Å²) in [5, 5.41) is 7.33. The van der Waals surface area contributed by atoms with Crippen LogP contribution in [0.1, 0.15) is 36.9 Å². The quantitative estimate of drug-likeness (QED) is 0.864. The lowest BCUT2D eigenvalue weighted by Crippen LogP contribution is -2.18. The van der Waals surface area contributed by atoms with E-state index in [4.69, 9.17) is 9.26 Å². The molecule has 1 aromatic heterocycles. The average molecular weight is 339 g/mol. The third-order valence-corrected chi connectivity index (χ3v) is 3.50. The number of rotatable bonds is 6. The normalized spacial score (nSPS) is 12.4. The molecule has 0 saturated heterocycles. The van der Waals surface area contributed by atoms with Crippen molar-refractivity contribution in [3.63, 3.8) is 0 Å². The molecule has 1 heterocycles. The summed E-state index contributed by atoms with van der Waals surface area (Å²) in [5.74, 6) is 1.65. The second-order valence-corrected chi connectivity index (χ2v) is 5.59. The number of hydrogen-bond donors (Lipinski definition) is 1. The fourth-order valence-electron chi connectivity index (χ4n) is 2.04. The summed E-state index contributed by atoms with van der Waals surface area (Å²) in [5.41, 5.74) is 1.93. The summed E-state index contributed by atoms with van der Waals surface area (Å²) in [6.45, 7) is 7.40. The summed E-state index contributed by atoms with van der Waals surface area (Å²) >= 11 is 3.48. The molecule has 108 valence electrons. The minimum Gasteiger partial charge on any atom is -0.487 e. The van der Waals surface area contributed by atoms with E-state index in [1.807, 2.05) is 25.1 Å². The van der Waals surface area contributed by atoms with Crippen LogP contribution in [0.2, 0.25) is 0 Å². The predicted octanol–water partition coefficient (Wildman–Crippen LogP) is 4.00. The number of nitrogens with one attached hydrogen (secondary N) is 1. The van der Waals surface area contributed by atoms with Crippen LogP contribution in [0.5, 0.6) is 5.75 Å². The van der Waals surface area contributed by atoms with Gasteiger partial charge in [-0.3, -0.25) is 0 Å². The maximum atomic E-state index is 5.89. The number of hydrogen-bond acceptors (Lipinski definition) is 4. The minimum atomic E-state index is 0.238. The van der Waals surface area contributed by atoms with Crippen LogP contribution in [0.25, 0.3) is 0 Å². The Labute approximate surface area is 127 Å². The van der Waals surface area contributed by atoms with Gasteiger partial charge in [-0.2, -0.15) is 0 Å². The van der Waals surface area contributed by atoms with E-state index in [0.717, 1.165) is 33.8 Å². The molecule has 4 nitrogen and oxygen atoms in total. The number of benzene rings is 1. The maximum absolute atomic E-state index is 5.89. The number of aromatic nitrogens is 1. The first-order valence-electron chi connectivity index (χ1n) is 6.68. The van der Waals surface area contributed by atoms with Gasteiger partial charge in [-0.15, -0.1) is 0 Å². The van der Waals surface area contributed by atoms with Gasteiger partial charge >= 0.3 is 0 Å². The van der Waals surface area contributed by atoms with Gasteiger partial charge in [-0.25, -0.2) is 0 Å². The number of nitrogens with zero attached hydrogens (tertiary/aromatic N) is 1. The van der Waals surface area contributed by atoms with Crippen molar-refractivity contribution in [3.8, 4) is 5.75 Å². The maximum Gasteiger partial charge on any atom is 0.134 e. The van der Waals surface area contributed by atoms with Crippen molar-refractivity contribution >= 4 is 15.9 Å². The highest BCUT2D eigenvalue weighted by molar-refractivity contribution is 9.10. The Kier molecular flexibility index (Phi) is 5.20. The molecule has 0 aliphatic heterocycles. The molecule has 1 N–H and O–H groups in total. The van der Waals surface area contributed by atoms with E-state index in [1.54, 1.807) is 0 Å². The zero-order valence-corrected chi connectivity index (χ0v) is 13.5. The van der Waals surface area contributed by atoms with Gasteiger partial charge < -0.3 is 14.6 Å². The molecular weight excluding hydrogens is 320 g/mol. The van der Waals surface area contributed by atoms with Crippen LogP contribution in [0.4, 0.5) is 0 Å². The highest BCUT2D eigenvalue weighted by Crippen LogP contribution is 2.29. The van der Waals surface area contributed by atoms with Crippen molar-refractivity contribution in [1.82, 2.24) is 10.5 Å². The summed E-state index contributed by atoms with van der Waals surface area (Å²) in [4.78, 5) is 0. The molecule has 0 radical (unpaired) electrons. The molecule has 0 aliphatic rings. The Hall–Kier alpha value is -1.33. The fourth-order valence-corrected chi connectivity index (χ4v) is 2.38. The standard InChI is InChI=1S/C15H19BrN2O2/c1-4-17-11(3)14-6-5-12(16)8-15(14)19-9-13-7-10(2)20-18-13/h5-8,11,17H,4,9H2,1-3H3.